The quantitative estimate of drug-likeness (QED) is 0.910. The maximum atomic E-state index is 12.3. The predicted molar refractivity (Wildman–Crippen MR) is 83.5 cm³/mol. The molecule has 2 unspecified atom stereocenters. The van der Waals surface area contributed by atoms with Gasteiger partial charge in [-0.05, 0) is 43.4 Å². The van der Waals surface area contributed by atoms with Crippen LogP contribution in [0.15, 0.2) is 24.3 Å². The van der Waals surface area contributed by atoms with Crippen molar-refractivity contribution in [2.45, 2.75) is 48.2 Å². The standard InChI is InChI=1S/C16H23NO2S/c1-17(2)13-6-3-5-12(9-13)16(18)10-14-7-4-8-15(11-16)20(14)19/h3,5-6,9,14-15,18H,4,7-8,10-11H2,1-2H3. The van der Waals surface area contributed by atoms with Gasteiger partial charge in [-0.25, -0.2) is 0 Å². The molecule has 20 heavy (non-hydrogen) atoms. The number of fused-ring (bicyclic) bond motifs is 2. The summed E-state index contributed by atoms with van der Waals surface area (Å²) in [5, 5.41) is 11.5. The van der Waals surface area contributed by atoms with E-state index in [4.69, 9.17) is 0 Å². The van der Waals surface area contributed by atoms with Crippen LogP contribution in [0.25, 0.3) is 0 Å². The van der Waals surface area contributed by atoms with Gasteiger partial charge in [0.2, 0.25) is 0 Å². The Balaban J connectivity index is 1.93. The lowest BCUT2D eigenvalue weighted by atomic mass is 9.80. The van der Waals surface area contributed by atoms with E-state index in [0.717, 1.165) is 30.5 Å². The van der Waals surface area contributed by atoms with Crippen LogP contribution >= 0.6 is 0 Å². The summed E-state index contributed by atoms with van der Waals surface area (Å²) >= 11 is 0. The highest BCUT2D eigenvalue weighted by molar-refractivity contribution is 7.86. The molecular weight excluding hydrogens is 270 g/mol. The average molecular weight is 293 g/mol. The Bertz CT molecular complexity index is 513. The van der Waals surface area contributed by atoms with Crippen molar-refractivity contribution in [3.8, 4) is 0 Å². The summed E-state index contributed by atoms with van der Waals surface area (Å²) in [7, 11) is 3.27. The molecule has 0 aromatic heterocycles. The first kappa shape index (κ1) is 14.1. The van der Waals surface area contributed by atoms with Crippen LogP contribution in [0.3, 0.4) is 0 Å². The van der Waals surface area contributed by atoms with E-state index >= 15 is 0 Å². The van der Waals surface area contributed by atoms with Gasteiger partial charge in [0.15, 0.2) is 0 Å². The number of hydrogen-bond donors (Lipinski definition) is 1. The fourth-order valence-corrected chi connectivity index (χ4v) is 5.81. The minimum atomic E-state index is -0.796. The molecule has 1 aromatic rings. The summed E-state index contributed by atoms with van der Waals surface area (Å²) in [6.07, 6.45) is 4.45. The third kappa shape index (κ3) is 2.40. The summed E-state index contributed by atoms with van der Waals surface area (Å²) in [6, 6.07) is 8.14. The summed E-state index contributed by atoms with van der Waals surface area (Å²) < 4.78 is 12.3. The second kappa shape index (κ2) is 5.15. The molecule has 0 spiro atoms. The second-order valence-electron chi connectivity index (χ2n) is 6.39. The van der Waals surface area contributed by atoms with Crippen LogP contribution in [0.1, 0.15) is 37.7 Å². The van der Waals surface area contributed by atoms with E-state index in [-0.39, 0.29) is 10.5 Å². The Labute approximate surface area is 123 Å². The Morgan fingerprint density at radius 2 is 1.90 bits per heavy atom. The molecule has 2 fully saturated rings. The molecule has 2 aliphatic heterocycles. The van der Waals surface area contributed by atoms with Gasteiger partial charge >= 0.3 is 0 Å². The van der Waals surface area contributed by atoms with Gasteiger partial charge in [-0.2, -0.15) is 0 Å². The number of anilines is 1. The molecule has 1 N–H and O–H groups in total. The van der Waals surface area contributed by atoms with Gasteiger partial charge in [0.05, 0.1) is 5.60 Å². The van der Waals surface area contributed by atoms with Crippen molar-refractivity contribution in [3.63, 3.8) is 0 Å². The van der Waals surface area contributed by atoms with Gasteiger partial charge in [-0.15, -0.1) is 0 Å². The van der Waals surface area contributed by atoms with Gasteiger partial charge in [0.1, 0.15) is 0 Å². The highest BCUT2D eigenvalue weighted by atomic mass is 32.2. The maximum absolute atomic E-state index is 12.3. The Hall–Kier alpha value is -0.870. The Kier molecular flexibility index (Phi) is 3.63. The lowest BCUT2D eigenvalue weighted by Crippen LogP contribution is -2.47. The van der Waals surface area contributed by atoms with E-state index in [1.165, 1.54) is 0 Å². The van der Waals surface area contributed by atoms with E-state index in [9.17, 15) is 9.32 Å². The third-order valence-electron chi connectivity index (χ3n) is 4.74. The minimum Gasteiger partial charge on any atom is -0.385 e. The molecule has 2 aliphatic rings. The van der Waals surface area contributed by atoms with Crippen LogP contribution in [-0.2, 0) is 16.4 Å². The van der Waals surface area contributed by atoms with Crippen molar-refractivity contribution >= 4 is 16.5 Å². The molecule has 2 heterocycles. The summed E-state index contributed by atoms with van der Waals surface area (Å²) in [6.45, 7) is 0. The molecule has 2 bridgehead atoms. The second-order valence-corrected chi connectivity index (χ2v) is 8.38. The van der Waals surface area contributed by atoms with Gasteiger partial charge in [0.25, 0.3) is 0 Å². The van der Waals surface area contributed by atoms with Crippen LogP contribution in [0.4, 0.5) is 5.69 Å². The van der Waals surface area contributed by atoms with Gasteiger partial charge in [-0.1, -0.05) is 18.6 Å². The van der Waals surface area contributed by atoms with E-state index in [2.05, 4.69) is 17.0 Å². The molecule has 110 valence electrons. The highest BCUT2D eigenvalue weighted by Crippen LogP contribution is 2.44. The van der Waals surface area contributed by atoms with Crippen molar-refractivity contribution in [1.29, 1.82) is 0 Å². The van der Waals surface area contributed by atoms with Crippen molar-refractivity contribution in [1.82, 2.24) is 0 Å². The molecule has 1 aromatic carbocycles. The van der Waals surface area contributed by atoms with E-state index in [1.54, 1.807) is 0 Å². The van der Waals surface area contributed by atoms with E-state index < -0.39 is 16.4 Å². The summed E-state index contributed by atoms with van der Waals surface area (Å²) in [5.74, 6) is 0. The monoisotopic (exact) mass is 293 g/mol. The molecule has 2 atom stereocenters. The first-order chi connectivity index (χ1) is 9.49. The number of benzene rings is 1. The normalized spacial score (nSPS) is 36.6. The molecule has 2 saturated heterocycles. The van der Waals surface area contributed by atoms with Crippen molar-refractivity contribution in [2.75, 3.05) is 19.0 Å². The molecule has 0 aliphatic carbocycles. The van der Waals surface area contributed by atoms with Crippen LogP contribution in [0, 0.1) is 0 Å². The first-order valence-corrected chi connectivity index (χ1v) is 8.67. The lowest BCUT2D eigenvalue weighted by molar-refractivity contribution is 0.00658. The molecule has 0 radical (unpaired) electrons. The van der Waals surface area contributed by atoms with Crippen molar-refractivity contribution in [2.24, 2.45) is 0 Å². The zero-order valence-corrected chi connectivity index (χ0v) is 13.0. The van der Waals surface area contributed by atoms with Crippen LogP contribution in [0.5, 0.6) is 0 Å². The van der Waals surface area contributed by atoms with Gasteiger partial charge in [-0.3, -0.25) is 4.21 Å². The van der Waals surface area contributed by atoms with Gasteiger partial charge in [0, 0.05) is 41.1 Å². The van der Waals surface area contributed by atoms with Crippen LogP contribution < -0.4 is 4.90 Å². The van der Waals surface area contributed by atoms with E-state index in [1.807, 2.05) is 26.2 Å². The first-order valence-electron chi connectivity index (χ1n) is 7.39. The smallest absolute Gasteiger partial charge is 0.0920 e. The largest absolute Gasteiger partial charge is 0.385 e. The Morgan fingerprint density at radius 1 is 1.25 bits per heavy atom. The number of aliphatic hydroxyl groups is 1. The van der Waals surface area contributed by atoms with Gasteiger partial charge < -0.3 is 10.0 Å². The van der Waals surface area contributed by atoms with Crippen LogP contribution in [0.2, 0.25) is 0 Å². The predicted octanol–water partition coefficient (Wildman–Crippen LogP) is 2.40. The van der Waals surface area contributed by atoms with Crippen molar-refractivity contribution in [3.05, 3.63) is 29.8 Å². The SMILES string of the molecule is CN(C)c1cccc(C2(O)CC3CCCC(C2)S3=O)c1. The fraction of sp³-hybridized carbons (Fsp3) is 0.625. The average Bonchev–Trinajstić information content (AvgIpc) is 2.41. The molecular formula is C16H23NO2S. The Morgan fingerprint density at radius 3 is 2.50 bits per heavy atom. The number of hydrogen-bond acceptors (Lipinski definition) is 3. The molecule has 0 saturated carbocycles. The van der Waals surface area contributed by atoms with Crippen molar-refractivity contribution < 1.29 is 9.32 Å². The maximum Gasteiger partial charge on any atom is 0.0920 e. The highest BCUT2D eigenvalue weighted by Gasteiger charge is 2.46. The zero-order valence-electron chi connectivity index (χ0n) is 12.2. The topological polar surface area (TPSA) is 40.5 Å². The number of nitrogens with zero attached hydrogens (tertiary/aromatic N) is 1. The number of rotatable bonds is 2. The third-order valence-corrected chi connectivity index (χ3v) is 6.86. The molecule has 3 nitrogen and oxygen atoms in total. The van der Waals surface area contributed by atoms with E-state index in [0.29, 0.717) is 12.8 Å². The summed E-state index contributed by atoms with van der Waals surface area (Å²) in [4.78, 5) is 2.05. The molecule has 3 rings (SSSR count). The molecule has 4 heteroatoms. The van der Waals surface area contributed by atoms with Crippen LogP contribution in [-0.4, -0.2) is 33.9 Å². The fourth-order valence-electron chi connectivity index (χ4n) is 3.59. The lowest BCUT2D eigenvalue weighted by Gasteiger charge is -2.44. The minimum absolute atomic E-state index is 0.176. The summed E-state index contributed by atoms with van der Waals surface area (Å²) in [5.41, 5.74) is 1.29. The zero-order chi connectivity index (χ0) is 14.3. The molecule has 0 amide bonds.